The number of amides is 2. The predicted molar refractivity (Wildman–Crippen MR) is 148 cm³/mol. The van der Waals surface area contributed by atoms with Crippen molar-refractivity contribution in [2.45, 2.75) is 19.4 Å². The molecule has 1 aliphatic rings. The summed E-state index contributed by atoms with van der Waals surface area (Å²) in [7, 11) is 1.69. The van der Waals surface area contributed by atoms with Crippen LogP contribution in [0.5, 0.6) is 0 Å². The van der Waals surface area contributed by atoms with Gasteiger partial charge in [0.1, 0.15) is 0 Å². The number of rotatable bonds is 5. The first kappa shape index (κ1) is 24.4. The van der Waals surface area contributed by atoms with Crippen molar-refractivity contribution < 1.29 is 9.59 Å². The largest absolute Gasteiger partial charge is 0.354 e. The predicted octanol–water partition coefficient (Wildman–Crippen LogP) is 4.92. The molecule has 9 heteroatoms. The first-order chi connectivity index (χ1) is 17.6. The molecule has 37 heavy (non-hydrogen) atoms. The van der Waals surface area contributed by atoms with Crippen molar-refractivity contribution in [3.05, 3.63) is 89.2 Å². The van der Waals surface area contributed by atoms with Crippen LogP contribution in [-0.2, 0) is 9.59 Å². The molecule has 0 spiro atoms. The SMILES string of the molecule is CN(C(=O)C(C)(C)N)c1ccc(N/C(=C2\C(=O)Nc3cc(Cl)ccc32)c2ccc3nccnc3c2)cc1. The fraction of sp³-hybridized carbons (Fsp3) is 0.143. The molecule has 0 saturated heterocycles. The molecule has 4 N–H and O–H groups in total. The third-order valence-corrected chi connectivity index (χ3v) is 6.35. The Labute approximate surface area is 219 Å². The average Bonchev–Trinajstić information content (AvgIpc) is 3.20. The molecule has 0 atom stereocenters. The number of hydrogen-bond acceptors (Lipinski definition) is 6. The average molecular weight is 513 g/mol. The molecular formula is C28H25ClN6O2. The molecule has 1 aromatic heterocycles. The fourth-order valence-electron chi connectivity index (χ4n) is 4.25. The van der Waals surface area contributed by atoms with Crippen LogP contribution in [0.4, 0.5) is 17.1 Å². The maximum Gasteiger partial charge on any atom is 0.258 e. The monoisotopic (exact) mass is 512 g/mol. The molecule has 0 saturated carbocycles. The van der Waals surface area contributed by atoms with Crippen LogP contribution in [0.3, 0.4) is 0 Å². The molecule has 8 nitrogen and oxygen atoms in total. The highest BCUT2D eigenvalue weighted by molar-refractivity contribution is 6.38. The molecule has 3 aromatic carbocycles. The normalized spacial score (nSPS) is 14.2. The minimum absolute atomic E-state index is 0.203. The first-order valence-electron chi connectivity index (χ1n) is 11.6. The van der Waals surface area contributed by atoms with Gasteiger partial charge in [-0.15, -0.1) is 0 Å². The Balaban J connectivity index is 1.59. The van der Waals surface area contributed by atoms with Crippen molar-refractivity contribution >= 4 is 62.8 Å². The van der Waals surface area contributed by atoms with E-state index in [1.165, 1.54) is 4.90 Å². The molecule has 2 heterocycles. The van der Waals surface area contributed by atoms with Gasteiger partial charge in [-0.25, -0.2) is 0 Å². The van der Waals surface area contributed by atoms with E-state index in [0.29, 0.717) is 33.2 Å². The summed E-state index contributed by atoms with van der Waals surface area (Å²) in [4.78, 5) is 36.1. The minimum atomic E-state index is -0.992. The first-order valence-corrected chi connectivity index (χ1v) is 12.0. The molecule has 0 radical (unpaired) electrons. The van der Waals surface area contributed by atoms with Gasteiger partial charge < -0.3 is 21.3 Å². The summed E-state index contributed by atoms with van der Waals surface area (Å²) < 4.78 is 0. The summed E-state index contributed by atoms with van der Waals surface area (Å²) in [6.07, 6.45) is 3.27. The fourth-order valence-corrected chi connectivity index (χ4v) is 4.43. The van der Waals surface area contributed by atoms with Crippen LogP contribution in [0.2, 0.25) is 5.02 Å². The van der Waals surface area contributed by atoms with Crippen LogP contribution in [0.1, 0.15) is 25.0 Å². The zero-order valence-corrected chi connectivity index (χ0v) is 21.3. The standard InChI is InChI=1S/C28H25ClN6O2/c1-28(2,30)27(37)35(3)19-8-6-18(7-9-19)33-25(16-4-11-21-23(14-16)32-13-12-31-21)24-20-10-5-17(29)15-22(20)34-26(24)36/h4-15,33H,30H2,1-3H3,(H,34,36)/b25-24-. The number of carbonyl (C=O) groups excluding carboxylic acids is 2. The van der Waals surface area contributed by atoms with Crippen molar-refractivity contribution in [1.29, 1.82) is 0 Å². The van der Waals surface area contributed by atoms with Crippen molar-refractivity contribution in [3.63, 3.8) is 0 Å². The number of fused-ring (bicyclic) bond motifs is 2. The van der Waals surface area contributed by atoms with Crippen LogP contribution in [0.15, 0.2) is 73.1 Å². The van der Waals surface area contributed by atoms with Gasteiger partial charge in [-0.05, 0) is 62.4 Å². The molecule has 0 fully saturated rings. The zero-order valence-electron chi connectivity index (χ0n) is 20.5. The highest BCUT2D eigenvalue weighted by Crippen LogP contribution is 2.39. The van der Waals surface area contributed by atoms with Crippen molar-refractivity contribution in [2.75, 3.05) is 22.6 Å². The molecule has 0 aliphatic carbocycles. The highest BCUT2D eigenvalue weighted by Gasteiger charge is 2.29. The Morgan fingerprint density at radius 3 is 2.41 bits per heavy atom. The summed E-state index contributed by atoms with van der Waals surface area (Å²) in [6.45, 7) is 3.34. The van der Waals surface area contributed by atoms with Crippen LogP contribution in [0.25, 0.3) is 22.3 Å². The lowest BCUT2D eigenvalue weighted by Crippen LogP contribution is -2.49. The highest BCUT2D eigenvalue weighted by atomic mass is 35.5. The maximum atomic E-state index is 13.2. The molecule has 2 amide bonds. The van der Waals surface area contributed by atoms with E-state index in [9.17, 15) is 9.59 Å². The van der Waals surface area contributed by atoms with Crippen LogP contribution < -0.4 is 21.3 Å². The lowest BCUT2D eigenvalue weighted by molar-refractivity contribution is -0.122. The number of hydrogen-bond donors (Lipinski definition) is 3. The second kappa shape index (κ2) is 9.31. The van der Waals surface area contributed by atoms with Crippen LogP contribution in [0, 0.1) is 0 Å². The van der Waals surface area contributed by atoms with Gasteiger partial charge in [0.15, 0.2) is 0 Å². The topological polar surface area (TPSA) is 113 Å². The summed E-state index contributed by atoms with van der Waals surface area (Å²) in [6, 6.07) is 18.3. The molecule has 1 aliphatic heterocycles. The van der Waals surface area contributed by atoms with Crippen molar-refractivity contribution in [2.24, 2.45) is 5.73 Å². The van der Waals surface area contributed by atoms with Crippen molar-refractivity contribution in [3.8, 4) is 0 Å². The summed E-state index contributed by atoms with van der Waals surface area (Å²) in [5.74, 6) is -0.447. The molecular weight excluding hydrogens is 488 g/mol. The van der Waals surface area contributed by atoms with Gasteiger partial charge >= 0.3 is 0 Å². The van der Waals surface area contributed by atoms with E-state index in [0.717, 1.165) is 22.3 Å². The Morgan fingerprint density at radius 2 is 1.70 bits per heavy atom. The van der Waals surface area contributed by atoms with Gasteiger partial charge in [-0.2, -0.15) is 0 Å². The quantitative estimate of drug-likeness (QED) is 0.327. The number of carbonyl (C=O) groups is 2. The maximum absolute atomic E-state index is 13.2. The Hall–Kier alpha value is -4.27. The number of likely N-dealkylation sites (N-methyl/N-ethyl adjacent to an activating group) is 1. The summed E-state index contributed by atoms with van der Waals surface area (Å²) >= 11 is 6.17. The van der Waals surface area contributed by atoms with E-state index in [-0.39, 0.29) is 11.8 Å². The molecule has 4 aromatic rings. The van der Waals surface area contributed by atoms with E-state index >= 15 is 0 Å². The molecule has 0 bridgehead atoms. The van der Waals surface area contributed by atoms with Gasteiger partial charge in [0.2, 0.25) is 5.91 Å². The van der Waals surface area contributed by atoms with Gasteiger partial charge in [0.05, 0.1) is 33.5 Å². The molecule has 5 rings (SSSR count). The van der Waals surface area contributed by atoms with Gasteiger partial charge in [0, 0.05) is 47.0 Å². The van der Waals surface area contributed by atoms with Crippen LogP contribution in [-0.4, -0.2) is 34.4 Å². The number of anilines is 3. The number of aromatic nitrogens is 2. The van der Waals surface area contributed by atoms with E-state index in [4.69, 9.17) is 17.3 Å². The van der Waals surface area contributed by atoms with Crippen LogP contribution >= 0.6 is 11.6 Å². The van der Waals surface area contributed by atoms with Gasteiger partial charge in [-0.1, -0.05) is 23.7 Å². The Bertz CT molecular complexity index is 1570. The Kier molecular flexibility index (Phi) is 6.15. The third-order valence-electron chi connectivity index (χ3n) is 6.11. The van der Waals surface area contributed by atoms with E-state index in [1.54, 1.807) is 45.4 Å². The Morgan fingerprint density at radius 1 is 1.00 bits per heavy atom. The number of nitrogens with one attached hydrogen (secondary N) is 2. The number of halogens is 1. The van der Waals surface area contributed by atoms with E-state index in [1.807, 2.05) is 48.5 Å². The van der Waals surface area contributed by atoms with Crippen molar-refractivity contribution in [1.82, 2.24) is 9.97 Å². The second-order valence-corrected chi connectivity index (χ2v) is 9.85. The molecule has 0 unspecified atom stereocenters. The van der Waals surface area contributed by atoms with Gasteiger partial charge in [0.25, 0.3) is 5.91 Å². The van der Waals surface area contributed by atoms with E-state index in [2.05, 4.69) is 20.6 Å². The van der Waals surface area contributed by atoms with E-state index < -0.39 is 5.54 Å². The van der Waals surface area contributed by atoms with Gasteiger partial charge in [-0.3, -0.25) is 19.6 Å². The minimum Gasteiger partial charge on any atom is -0.354 e. The molecule has 186 valence electrons. The zero-order chi connectivity index (χ0) is 26.3. The summed E-state index contributed by atoms with van der Waals surface area (Å²) in [5, 5.41) is 6.86. The number of nitrogens with two attached hydrogens (primary N) is 1. The lowest BCUT2D eigenvalue weighted by atomic mass is 9.99. The third kappa shape index (κ3) is 4.76. The number of benzene rings is 3. The summed E-state index contributed by atoms with van der Waals surface area (Å²) in [5.41, 5.74) is 11.1. The lowest BCUT2D eigenvalue weighted by Gasteiger charge is -2.26. The second-order valence-electron chi connectivity index (χ2n) is 9.41. The number of nitrogens with zero attached hydrogens (tertiary/aromatic N) is 3. The smallest absolute Gasteiger partial charge is 0.258 e.